The predicted molar refractivity (Wildman–Crippen MR) is 145 cm³/mol. The number of hydrogen-bond donors (Lipinski definition) is 0. The Morgan fingerprint density at radius 1 is 0.897 bits per heavy atom. The van der Waals surface area contributed by atoms with Crippen LogP contribution < -0.4 is 9.47 Å². The van der Waals surface area contributed by atoms with Gasteiger partial charge >= 0.3 is 0 Å². The topological polar surface area (TPSA) is 84.7 Å². The van der Waals surface area contributed by atoms with Gasteiger partial charge in [0.15, 0.2) is 11.5 Å². The molecule has 206 valence electrons. The Bertz CT molecular complexity index is 1240. The van der Waals surface area contributed by atoms with Crippen molar-refractivity contribution in [3.63, 3.8) is 0 Å². The zero-order valence-electron chi connectivity index (χ0n) is 22.3. The molecule has 1 aromatic heterocycles. The van der Waals surface area contributed by atoms with Crippen molar-refractivity contribution < 1.29 is 28.2 Å². The van der Waals surface area contributed by atoms with Gasteiger partial charge < -0.3 is 28.4 Å². The number of hydrogen-bond acceptors (Lipinski definition) is 7. The van der Waals surface area contributed by atoms with E-state index in [1.54, 1.807) is 22.1 Å². The highest BCUT2D eigenvalue weighted by atomic mass is 16.7. The summed E-state index contributed by atoms with van der Waals surface area (Å²) in [6, 6.07) is 16.9. The van der Waals surface area contributed by atoms with Gasteiger partial charge in [0.1, 0.15) is 12.3 Å². The molecule has 0 bridgehead atoms. The maximum absolute atomic E-state index is 13.8. The van der Waals surface area contributed by atoms with Gasteiger partial charge in [-0.3, -0.25) is 14.5 Å². The maximum Gasteiger partial charge on any atom is 0.254 e. The number of rotatable bonds is 11. The smallest absolute Gasteiger partial charge is 0.254 e. The molecule has 0 aliphatic carbocycles. The van der Waals surface area contributed by atoms with Crippen LogP contribution in [0.4, 0.5) is 0 Å². The summed E-state index contributed by atoms with van der Waals surface area (Å²) in [5.74, 6) is 1.71. The lowest BCUT2D eigenvalue weighted by Crippen LogP contribution is -2.47. The lowest BCUT2D eigenvalue weighted by atomic mass is 10.1. The summed E-state index contributed by atoms with van der Waals surface area (Å²) >= 11 is 0. The summed E-state index contributed by atoms with van der Waals surface area (Å²) in [6.07, 6.45) is 2.49. The summed E-state index contributed by atoms with van der Waals surface area (Å²) in [5.41, 5.74) is 2.65. The molecule has 0 spiro atoms. The molecule has 39 heavy (non-hydrogen) atoms. The van der Waals surface area contributed by atoms with Gasteiger partial charge in [-0.1, -0.05) is 25.1 Å². The minimum Gasteiger partial charge on any atom is -0.467 e. The third kappa shape index (κ3) is 6.99. The van der Waals surface area contributed by atoms with Gasteiger partial charge in [0.05, 0.1) is 26.0 Å². The first kappa shape index (κ1) is 26.8. The lowest BCUT2D eigenvalue weighted by molar-refractivity contribution is -0.133. The molecular weight excluding hydrogens is 498 g/mol. The van der Waals surface area contributed by atoms with Crippen molar-refractivity contribution in [2.24, 2.45) is 0 Å². The largest absolute Gasteiger partial charge is 0.467 e. The molecule has 5 rings (SSSR count). The van der Waals surface area contributed by atoms with E-state index in [1.165, 1.54) is 0 Å². The Labute approximate surface area is 228 Å². The Morgan fingerprint density at radius 3 is 2.41 bits per heavy atom. The van der Waals surface area contributed by atoms with Crippen molar-refractivity contribution in [1.29, 1.82) is 0 Å². The molecule has 2 aliphatic heterocycles. The minimum absolute atomic E-state index is 0.0377. The Balaban J connectivity index is 1.34. The van der Waals surface area contributed by atoms with Crippen LogP contribution in [0.3, 0.4) is 0 Å². The molecule has 1 saturated heterocycles. The zero-order chi connectivity index (χ0) is 27.0. The molecule has 1 fully saturated rings. The molecule has 0 N–H and O–H groups in total. The van der Waals surface area contributed by atoms with Crippen molar-refractivity contribution in [3.05, 3.63) is 83.3 Å². The van der Waals surface area contributed by atoms with E-state index in [2.05, 4.69) is 11.8 Å². The Hall–Kier alpha value is -3.82. The molecule has 0 radical (unpaired) electrons. The van der Waals surface area contributed by atoms with E-state index in [-0.39, 0.29) is 31.7 Å². The number of fused-ring (bicyclic) bond motifs is 1. The van der Waals surface area contributed by atoms with Gasteiger partial charge in [0.25, 0.3) is 5.91 Å². The number of ether oxygens (including phenoxy) is 3. The molecule has 2 amide bonds. The second kappa shape index (κ2) is 12.8. The minimum atomic E-state index is -0.162. The molecular formula is C30H35N3O6. The average Bonchev–Trinajstić information content (AvgIpc) is 3.67. The van der Waals surface area contributed by atoms with Crippen LogP contribution in [0, 0.1) is 0 Å². The van der Waals surface area contributed by atoms with Crippen LogP contribution in [0.25, 0.3) is 0 Å². The first-order valence-electron chi connectivity index (χ1n) is 13.5. The fourth-order valence-electron chi connectivity index (χ4n) is 4.75. The number of amides is 2. The Kier molecular flexibility index (Phi) is 8.80. The van der Waals surface area contributed by atoms with Gasteiger partial charge in [-0.25, -0.2) is 0 Å². The fourth-order valence-corrected chi connectivity index (χ4v) is 4.75. The quantitative estimate of drug-likeness (QED) is 0.373. The molecule has 3 heterocycles. The van der Waals surface area contributed by atoms with E-state index in [0.717, 1.165) is 30.6 Å². The van der Waals surface area contributed by atoms with Crippen LogP contribution in [0.5, 0.6) is 11.5 Å². The standard InChI is InChI=1S/C30H35N3O6/c1-2-23-5-8-25(9-6-23)30(35)32(12-11-31-13-16-36-17-14-31)21-29(34)33(20-26-4-3-15-37-26)19-24-7-10-27-28(18-24)39-22-38-27/h3-10,15,18H,2,11-14,16-17,19-22H2,1H3. The number of carbonyl (C=O) groups excluding carboxylic acids is 2. The molecule has 2 aromatic carbocycles. The summed E-state index contributed by atoms with van der Waals surface area (Å²) in [7, 11) is 0. The van der Waals surface area contributed by atoms with E-state index in [9.17, 15) is 9.59 Å². The lowest BCUT2D eigenvalue weighted by Gasteiger charge is -2.31. The number of benzene rings is 2. The molecule has 0 saturated carbocycles. The monoisotopic (exact) mass is 533 g/mol. The van der Waals surface area contributed by atoms with Crippen LogP contribution in [0.1, 0.15) is 34.2 Å². The predicted octanol–water partition coefficient (Wildman–Crippen LogP) is 3.57. The molecule has 0 atom stereocenters. The highest BCUT2D eigenvalue weighted by Gasteiger charge is 2.25. The highest BCUT2D eigenvalue weighted by molar-refractivity contribution is 5.96. The van der Waals surface area contributed by atoms with Crippen molar-refractivity contribution in [2.75, 3.05) is 52.7 Å². The number of nitrogens with zero attached hydrogens (tertiary/aromatic N) is 3. The highest BCUT2D eigenvalue weighted by Crippen LogP contribution is 2.33. The number of aryl methyl sites for hydroxylation is 1. The van der Waals surface area contributed by atoms with Crippen molar-refractivity contribution in [1.82, 2.24) is 14.7 Å². The molecule has 9 nitrogen and oxygen atoms in total. The van der Waals surface area contributed by atoms with Gasteiger partial charge in [-0.05, 0) is 53.9 Å². The maximum atomic E-state index is 13.8. The first-order chi connectivity index (χ1) is 19.1. The van der Waals surface area contributed by atoms with Crippen LogP contribution in [0.15, 0.2) is 65.3 Å². The van der Waals surface area contributed by atoms with Crippen LogP contribution in [-0.4, -0.2) is 79.2 Å². The molecule has 0 unspecified atom stereocenters. The van der Waals surface area contributed by atoms with Crippen molar-refractivity contribution >= 4 is 11.8 Å². The number of furan rings is 1. The number of morpholine rings is 1. The van der Waals surface area contributed by atoms with Gasteiger partial charge in [-0.2, -0.15) is 0 Å². The van der Waals surface area contributed by atoms with E-state index in [0.29, 0.717) is 55.7 Å². The summed E-state index contributed by atoms with van der Waals surface area (Å²) in [4.78, 5) is 33.1. The van der Waals surface area contributed by atoms with Crippen molar-refractivity contribution in [3.8, 4) is 11.5 Å². The van der Waals surface area contributed by atoms with Crippen LogP contribution in [-0.2, 0) is 29.0 Å². The Morgan fingerprint density at radius 2 is 1.67 bits per heavy atom. The number of carbonyl (C=O) groups is 2. The molecule has 2 aliphatic rings. The van der Waals surface area contributed by atoms with E-state index < -0.39 is 0 Å². The van der Waals surface area contributed by atoms with Crippen LogP contribution in [0.2, 0.25) is 0 Å². The van der Waals surface area contributed by atoms with Crippen molar-refractivity contribution in [2.45, 2.75) is 26.4 Å². The van der Waals surface area contributed by atoms with Gasteiger partial charge in [0.2, 0.25) is 12.7 Å². The third-order valence-electron chi connectivity index (χ3n) is 7.10. The zero-order valence-corrected chi connectivity index (χ0v) is 22.3. The van der Waals surface area contributed by atoms with E-state index >= 15 is 0 Å². The van der Waals surface area contributed by atoms with E-state index in [1.807, 2.05) is 48.5 Å². The fraction of sp³-hybridized carbons (Fsp3) is 0.400. The van der Waals surface area contributed by atoms with E-state index in [4.69, 9.17) is 18.6 Å². The second-order valence-corrected chi connectivity index (χ2v) is 9.75. The molecule has 3 aromatic rings. The molecule has 9 heteroatoms. The second-order valence-electron chi connectivity index (χ2n) is 9.75. The van der Waals surface area contributed by atoms with Crippen LogP contribution >= 0.6 is 0 Å². The third-order valence-corrected chi connectivity index (χ3v) is 7.10. The summed E-state index contributed by atoms with van der Waals surface area (Å²) in [6.45, 7) is 6.97. The normalized spacial score (nSPS) is 14.8. The van der Waals surface area contributed by atoms with Gasteiger partial charge in [-0.15, -0.1) is 0 Å². The first-order valence-corrected chi connectivity index (χ1v) is 13.5. The summed E-state index contributed by atoms with van der Waals surface area (Å²) in [5, 5.41) is 0. The van der Waals surface area contributed by atoms with Gasteiger partial charge in [0, 0.05) is 38.3 Å². The SMILES string of the molecule is CCc1ccc(C(=O)N(CCN2CCOCC2)CC(=O)N(Cc2ccc3c(c2)OCO3)Cc2ccco2)cc1. The summed E-state index contributed by atoms with van der Waals surface area (Å²) < 4.78 is 22.0. The average molecular weight is 534 g/mol.